The van der Waals surface area contributed by atoms with Gasteiger partial charge >= 0.3 is 0 Å². The summed E-state index contributed by atoms with van der Waals surface area (Å²) < 4.78 is 5.22. The van der Waals surface area contributed by atoms with Crippen molar-refractivity contribution in [1.82, 2.24) is 20.4 Å². The smallest absolute Gasteiger partial charge is 0.226 e. The summed E-state index contributed by atoms with van der Waals surface area (Å²) in [5.41, 5.74) is 0. The molecule has 2 heterocycles. The number of rotatable bonds is 7. The number of nitrogens with one attached hydrogen (secondary N) is 1. The van der Waals surface area contributed by atoms with Crippen LogP contribution in [0.2, 0.25) is 0 Å². The Balaban J connectivity index is 0.00000200. The van der Waals surface area contributed by atoms with Crippen LogP contribution in [0, 0.1) is 5.92 Å². The zero-order valence-electron chi connectivity index (χ0n) is 12.6. The van der Waals surface area contributed by atoms with Crippen LogP contribution in [-0.4, -0.2) is 41.2 Å². The lowest BCUT2D eigenvalue weighted by molar-refractivity contribution is 0.170. The molecule has 1 aliphatic heterocycles. The minimum absolute atomic E-state index is 0. The normalized spacial score (nSPS) is 17.1. The monoisotopic (exact) mass is 302 g/mol. The molecule has 0 amide bonds. The first kappa shape index (κ1) is 17.4. The summed E-state index contributed by atoms with van der Waals surface area (Å²) in [6.07, 6.45) is 4.48. The molecular formula is C14H27ClN4O. The molecule has 0 spiro atoms. The van der Waals surface area contributed by atoms with Crippen molar-refractivity contribution in [1.29, 1.82) is 0 Å². The lowest BCUT2D eigenvalue weighted by atomic mass is 9.97. The standard InChI is InChI=1S/C14H26N4O.ClH/c1-3-5-14-16-13(17-19-14)11-18-8-6-12(7-9-18)10-15-4-2;/h12,15H,3-11H2,1-2H3;1H. The number of piperidine rings is 1. The molecule has 1 aliphatic rings. The summed E-state index contributed by atoms with van der Waals surface area (Å²) in [5.74, 6) is 2.45. The van der Waals surface area contributed by atoms with Gasteiger partial charge in [-0.2, -0.15) is 4.98 Å². The molecule has 0 bridgehead atoms. The summed E-state index contributed by atoms with van der Waals surface area (Å²) >= 11 is 0. The molecule has 0 atom stereocenters. The number of halogens is 1. The molecule has 116 valence electrons. The highest BCUT2D eigenvalue weighted by atomic mass is 35.5. The maximum absolute atomic E-state index is 5.22. The number of hydrogen-bond donors (Lipinski definition) is 1. The molecule has 5 nitrogen and oxygen atoms in total. The van der Waals surface area contributed by atoms with Crippen molar-refractivity contribution in [3.05, 3.63) is 11.7 Å². The van der Waals surface area contributed by atoms with Crippen LogP contribution in [0.4, 0.5) is 0 Å². The number of aryl methyl sites for hydroxylation is 1. The summed E-state index contributed by atoms with van der Waals surface area (Å²) in [4.78, 5) is 6.86. The Morgan fingerprint density at radius 2 is 2.05 bits per heavy atom. The highest BCUT2D eigenvalue weighted by molar-refractivity contribution is 5.85. The Morgan fingerprint density at radius 3 is 2.70 bits per heavy atom. The third kappa shape index (κ3) is 5.38. The van der Waals surface area contributed by atoms with Gasteiger partial charge in [0.25, 0.3) is 0 Å². The van der Waals surface area contributed by atoms with Crippen molar-refractivity contribution in [2.24, 2.45) is 5.92 Å². The van der Waals surface area contributed by atoms with Crippen LogP contribution in [0.3, 0.4) is 0 Å². The molecule has 0 saturated carbocycles. The number of nitrogens with zero attached hydrogens (tertiary/aromatic N) is 3. The van der Waals surface area contributed by atoms with E-state index < -0.39 is 0 Å². The molecule has 1 fully saturated rings. The van der Waals surface area contributed by atoms with Crippen LogP contribution < -0.4 is 5.32 Å². The Kier molecular flexibility index (Phi) is 8.11. The van der Waals surface area contributed by atoms with E-state index in [9.17, 15) is 0 Å². The van der Waals surface area contributed by atoms with Crippen molar-refractivity contribution >= 4 is 12.4 Å². The van der Waals surface area contributed by atoms with E-state index in [2.05, 4.69) is 34.2 Å². The van der Waals surface area contributed by atoms with Gasteiger partial charge in [0.1, 0.15) is 0 Å². The summed E-state index contributed by atoms with van der Waals surface area (Å²) in [5, 5.41) is 7.50. The fraction of sp³-hybridized carbons (Fsp3) is 0.857. The molecule has 20 heavy (non-hydrogen) atoms. The molecule has 1 N–H and O–H groups in total. The van der Waals surface area contributed by atoms with Crippen molar-refractivity contribution in [3.8, 4) is 0 Å². The Labute approximate surface area is 127 Å². The van der Waals surface area contributed by atoms with Gasteiger partial charge in [-0.05, 0) is 51.4 Å². The quantitative estimate of drug-likeness (QED) is 0.837. The topological polar surface area (TPSA) is 54.2 Å². The van der Waals surface area contributed by atoms with E-state index in [1.165, 1.54) is 12.8 Å². The van der Waals surface area contributed by atoms with E-state index in [4.69, 9.17) is 4.52 Å². The average molecular weight is 303 g/mol. The predicted molar refractivity (Wildman–Crippen MR) is 82.1 cm³/mol. The van der Waals surface area contributed by atoms with Crippen LogP contribution in [0.1, 0.15) is 44.8 Å². The van der Waals surface area contributed by atoms with Crippen molar-refractivity contribution < 1.29 is 4.52 Å². The highest BCUT2D eigenvalue weighted by Crippen LogP contribution is 2.17. The zero-order chi connectivity index (χ0) is 13.5. The minimum Gasteiger partial charge on any atom is -0.339 e. The van der Waals surface area contributed by atoms with E-state index in [1.54, 1.807) is 0 Å². The lowest BCUT2D eigenvalue weighted by Crippen LogP contribution is -2.37. The van der Waals surface area contributed by atoms with Gasteiger partial charge in [-0.1, -0.05) is 19.0 Å². The largest absolute Gasteiger partial charge is 0.339 e. The Morgan fingerprint density at radius 1 is 1.30 bits per heavy atom. The van der Waals surface area contributed by atoms with Gasteiger partial charge in [-0.25, -0.2) is 0 Å². The van der Waals surface area contributed by atoms with Gasteiger partial charge in [0.2, 0.25) is 5.89 Å². The zero-order valence-corrected chi connectivity index (χ0v) is 13.4. The minimum atomic E-state index is 0. The van der Waals surface area contributed by atoms with Crippen LogP contribution >= 0.6 is 12.4 Å². The molecule has 1 saturated heterocycles. The summed E-state index contributed by atoms with van der Waals surface area (Å²) in [6, 6.07) is 0. The first-order valence-corrected chi connectivity index (χ1v) is 7.56. The van der Waals surface area contributed by atoms with Gasteiger partial charge in [0, 0.05) is 6.42 Å². The van der Waals surface area contributed by atoms with E-state index in [-0.39, 0.29) is 12.4 Å². The first-order chi connectivity index (χ1) is 9.31. The summed E-state index contributed by atoms with van der Waals surface area (Å²) in [6.45, 7) is 9.65. The molecule has 6 heteroatoms. The van der Waals surface area contributed by atoms with Gasteiger partial charge in [-0.15, -0.1) is 12.4 Å². The summed E-state index contributed by atoms with van der Waals surface area (Å²) in [7, 11) is 0. The lowest BCUT2D eigenvalue weighted by Gasteiger charge is -2.31. The molecule has 0 radical (unpaired) electrons. The van der Waals surface area contributed by atoms with Gasteiger partial charge < -0.3 is 9.84 Å². The van der Waals surface area contributed by atoms with Gasteiger partial charge in [-0.3, -0.25) is 4.90 Å². The SMILES string of the molecule is CCCc1nc(CN2CCC(CNCC)CC2)no1.Cl. The average Bonchev–Trinajstić information content (AvgIpc) is 2.86. The van der Waals surface area contributed by atoms with E-state index in [1.807, 2.05) is 0 Å². The number of aromatic nitrogens is 2. The fourth-order valence-electron chi connectivity index (χ4n) is 2.57. The third-order valence-corrected chi connectivity index (χ3v) is 3.73. The van der Waals surface area contributed by atoms with E-state index in [0.717, 1.165) is 63.2 Å². The highest BCUT2D eigenvalue weighted by Gasteiger charge is 2.20. The van der Waals surface area contributed by atoms with Crippen molar-refractivity contribution in [3.63, 3.8) is 0 Å². The molecule has 0 unspecified atom stereocenters. The Bertz CT molecular complexity index is 364. The van der Waals surface area contributed by atoms with Gasteiger partial charge in [0.15, 0.2) is 5.82 Å². The van der Waals surface area contributed by atoms with Gasteiger partial charge in [0.05, 0.1) is 6.54 Å². The predicted octanol–water partition coefficient (Wildman–Crippen LogP) is 2.27. The molecule has 2 rings (SSSR count). The maximum atomic E-state index is 5.22. The van der Waals surface area contributed by atoms with Crippen LogP contribution in [0.5, 0.6) is 0 Å². The van der Waals surface area contributed by atoms with Crippen molar-refractivity contribution in [2.75, 3.05) is 26.2 Å². The second kappa shape index (κ2) is 9.32. The second-order valence-electron chi connectivity index (χ2n) is 5.38. The first-order valence-electron chi connectivity index (χ1n) is 7.56. The molecule has 1 aromatic rings. The van der Waals surface area contributed by atoms with Crippen molar-refractivity contribution in [2.45, 2.75) is 46.1 Å². The van der Waals surface area contributed by atoms with Crippen LogP contribution in [-0.2, 0) is 13.0 Å². The van der Waals surface area contributed by atoms with Crippen LogP contribution in [0.25, 0.3) is 0 Å². The molecule has 0 aliphatic carbocycles. The number of likely N-dealkylation sites (tertiary alicyclic amines) is 1. The number of hydrogen-bond acceptors (Lipinski definition) is 5. The van der Waals surface area contributed by atoms with E-state index >= 15 is 0 Å². The molecular weight excluding hydrogens is 276 g/mol. The third-order valence-electron chi connectivity index (χ3n) is 3.73. The Hall–Kier alpha value is -0.650. The molecule has 0 aromatic carbocycles. The fourth-order valence-corrected chi connectivity index (χ4v) is 2.57. The molecule has 1 aromatic heterocycles. The van der Waals surface area contributed by atoms with Crippen LogP contribution in [0.15, 0.2) is 4.52 Å². The van der Waals surface area contributed by atoms with E-state index in [0.29, 0.717) is 0 Å². The maximum Gasteiger partial charge on any atom is 0.226 e. The second-order valence-corrected chi connectivity index (χ2v) is 5.38.